The van der Waals surface area contributed by atoms with Crippen molar-refractivity contribution in [3.63, 3.8) is 0 Å². The summed E-state index contributed by atoms with van der Waals surface area (Å²) in [5.41, 5.74) is 4.15. The van der Waals surface area contributed by atoms with Gasteiger partial charge in [0.1, 0.15) is 17.6 Å². The van der Waals surface area contributed by atoms with Gasteiger partial charge in [-0.3, -0.25) is 4.79 Å². The quantitative estimate of drug-likeness (QED) is 0.355. The van der Waals surface area contributed by atoms with Crippen molar-refractivity contribution in [2.45, 2.75) is 39.2 Å². The minimum Gasteiger partial charge on any atom is -0.493 e. The number of carbonyl (C=O) groups excluding carboxylic acids is 1. The van der Waals surface area contributed by atoms with Gasteiger partial charge >= 0.3 is 5.97 Å². The predicted octanol–water partition coefficient (Wildman–Crippen LogP) is 5.98. The Labute approximate surface area is 187 Å². The molecule has 0 saturated heterocycles. The molecule has 1 atom stereocenters. The van der Waals surface area contributed by atoms with E-state index in [0.29, 0.717) is 18.9 Å². The van der Waals surface area contributed by atoms with Crippen LogP contribution in [0.2, 0.25) is 0 Å². The molecule has 1 aliphatic carbocycles. The van der Waals surface area contributed by atoms with Crippen molar-refractivity contribution in [2.75, 3.05) is 6.61 Å². The van der Waals surface area contributed by atoms with Gasteiger partial charge in [-0.25, -0.2) is 4.98 Å². The predicted molar refractivity (Wildman–Crippen MR) is 123 cm³/mol. The second-order valence-electron chi connectivity index (χ2n) is 8.18. The Bertz CT molecular complexity index is 1290. The molecule has 5 rings (SSSR count). The Hall–Kier alpha value is -3.60. The first-order valence-electron chi connectivity index (χ1n) is 10.9. The summed E-state index contributed by atoms with van der Waals surface area (Å²) in [7, 11) is 0. The molecule has 0 saturated carbocycles. The van der Waals surface area contributed by atoms with Gasteiger partial charge in [0.15, 0.2) is 0 Å². The van der Waals surface area contributed by atoms with Crippen LogP contribution in [0, 0.1) is 6.92 Å². The number of aryl methyl sites for hydroxylation is 2. The zero-order chi connectivity index (χ0) is 22.1. The van der Waals surface area contributed by atoms with Crippen molar-refractivity contribution in [1.82, 2.24) is 4.98 Å². The minimum absolute atomic E-state index is 0.136. The van der Waals surface area contributed by atoms with Crippen LogP contribution >= 0.6 is 0 Å². The zero-order valence-electron chi connectivity index (χ0n) is 18.3. The highest BCUT2D eigenvalue weighted by Crippen LogP contribution is 2.36. The second kappa shape index (κ2) is 8.50. The molecule has 32 heavy (non-hydrogen) atoms. The molecule has 0 amide bonds. The van der Waals surface area contributed by atoms with E-state index >= 15 is 0 Å². The van der Waals surface area contributed by atoms with Gasteiger partial charge in [-0.05, 0) is 65.9 Å². The van der Waals surface area contributed by atoms with E-state index in [1.54, 1.807) is 0 Å². The Kier molecular flexibility index (Phi) is 5.39. The van der Waals surface area contributed by atoms with Crippen molar-refractivity contribution < 1.29 is 18.7 Å². The Morgan fingerprint density at radius 2 is 1.94 bits per heavy atom. The van der Waals surface area contributed by atoms with Crippen LogP contribution in [0.4, 0.5) is 0 Å². The molecule has 0 spiro atoms. The largest absolute Gasteiger partial charge is 0.493 e. The fourth-order valence-electron chi connectivity index (χ4n) is 4.34. The lowest BCUT2D eigenvalue weighted by molar-refractivity contribution is -0.146. The number of esters is 1. The van der Waals surface area contributed by atoms with Crippen LogP contribution in [0.3, 0.4) is 0 Å². The Morgan fingerprint density at radius 1 is 1.09 bits per heavy atom. The maximum absolute atomic E-state index is 11.3. The van der Waals surface area contributed by atoms with Crippen molar-refractivity contribution in [3.05, 3.63) is 83.2 Å². The number of aromatic nitrogens is 1. The third kappa shape index (κ3) is 4.11. The van der Waals surface area contributed by atoms with E-state index in [1.165, 1.54) is 23.3 Å². The summed E-state index contributed by atoms with van der Waals surface area (Å²) < 4.78 is 17.3. The molecule has 0 aliphatic heterocycles. The van der Waals surface area contributed by atoms with E-state index in [0.717, 1.165) is 41.2 Å². The smallest absolute Gasteiger partial charge is 0.303 e. The summed E-state index contributed by atoms with van der Waals surface area (Å²) in [5, 5.41) is 2.36. The first kappa shape index (κ1) is 20.3. The van der Waals surface area contributed by atoms with E-state index in [1.807, 2.05) is 37.3 Å². The van der Waals surface area contributed by atoms with E-state index in [9.17, 15) is 4.79 Å². The molecule has 162 valence electrons. The van der Waals surface area contributed by atoms with Crippen LogP contribution in [-0.4, -0.2) is 17.6 Å². The second-order valence-corrected chi connectivity index (χ2v) is 8.18. The maximum Gasteiger partial charge on any atom is 0.303 e. The lowest BCUT2D eigenvalue weighted by Gasteiger charge is -2.12. The molecule has 1 aliphatic rings. The van der Waals surface area contributed by atoms with Gasteiger partial charge in [0.25, 0.3) is 0 Å². The molecule has 4 aromatic rings. The SMILES string of the molecule is CC(=O)OC1CCc2cc(OCCc3nc(-c4ccc5ccccc5c4)oc3C)ccc21. The summed E-state index contributed by atoms with van der Waals surface area (Å²) in [5.74, 6) is 2.03. The van der Waals surface area contributed by atoms with Gasteiger partial charge in [-0.2, -0.15) is 0 Å². The van der Waals surface area contributed by atoms with Crippen molar-refractivity contribution >= 4 is 16.7 Å². The fourth-order valence-corrected chi connectivity index (χ4v) is 4.34. The highest BCUT2D eigenvalue weighted by molar-refractivity contribution is 5.86. The average molecular weight is 428 g/mol. The molecular formula is C27H25NO4. The Balaban J connectivity index is 1.24. The summed E-state index contributed by atoms with van der Waals surface area (Å²) in [6.07, 6.45) is 2.24. The highest BCUT2D eigenvalue weighted by atomic mass is 16.5. The van der Waals surface area contributed by atoms with Gasteiger partial charge < -0.3 is 13.9 Å². The molecule has 1 unspecified atom stereocenters. The van der Waals surface area contributed by atoms with Gasteiger partial charge in [0, 0.05) is 18.9 Å². The van der Waals surface area contributed by atoms with Crippen LogP contribution in [0.15, 0.2) is 65.1 Å². The van der Waals surface area contributed by atoms with E-state index < -0.39 is 0 Å². The van der Waals surface area contributed by atoms with Gasteiger partial charge in [0.2, 0.25) is 5.89 Å². The van der Waals surface area contributed by atoms with Crippen molar-refractivity contribution in [1.29, 1.82) is 0 Å². The standard InChI is InChI=1S/C27H25NO4/c1-17-25(28-27(31-17)22-8-7-19-5-3-4-6-20(19)15-22)13-14-30-23-10-11-24-21(16-23)9-12-26(24)32-18(2)29/h3-8,10-11,15-16,26H,9,12-14H2,1-2H3. The van der Waals surface area contributed by atoms with Gasteiger partial charge in [-0.15, -0.1) is 0 Å². The number of oxazole rings is 1. The van der Waals surface area contributed by atoms with Crippen LogP contribution < -0.4 is 4.74 Å². The Morgan fingerprint density at radius 3 is 2.78 bits per heavy atom. The zero-order valence-corrected chi connectivity index (χ0v) is 18.3. The maximum atomic E-state index is 11.3. The third-order valence-corrected chi connectivity index (χ3v) is 5.94. The highest BCUT2D eigenvalue weighted by Gasteiger charge is 2.25. The minimum atomic E-state index is -0.241. The molecule has 0 bridgehead atoms. The number of hydrogen-bond acceptors (Lipinski definition) is 5. The lowest BCUT2D eigenvalue weighted by atomic mass is 10.1. The van der Waals surface area contributed by atoms with Gasteiger partial charge in [0.05, 0.1) is 12.3 Å². The number of rotatable bonds is 6. The number of carbonyl (C=O) groups is 1. The summed E-state index contributed by atoms with van der Waals surface area (Å²) >= 11 is 0. The van der Waals surface area contributed by atoms with Crippen LogP contribution in [-0.2, 0) is 22.4 Å². The van der Waals surface area contributed by atoms with Crippen molar-refractivity contribution in [2.24, 2.45) is 0 Å². The number of nitrogens with zero attached hydrogens (tertiary/aromatic N) is 1. The topological polar surface area (TPSA) is 61.6 Å². The number of hydrogen-bond donors (Lipinski definition) is 0. The van der Waals surface area contributed by atoms with E-state index in [2.05, 4.69) is 30.3 Å². The van der Waals surface area contributed by atoms with Crippen LogP contribution in [0.25, 0.3) is 22.2 Å². The summed E-state index contributed by atoms with van der Waals surface area (Å²) in [6, 6.07) is 20.5. The monoisotopic (exact) mass is 427 g/mol. The number of ether oxygens (including phenoxy) is 2. The molecule has 3 aromatic carbocycles. The average Bonchev–Trinajstić information content (AvgIpc) is 3.36. The molecule has 5 nitrogen and oxygen atoms in total. The normalized spacial score (nSPS) is 15.0. The summed E-state index contributed by atoms with van der Waals surface area (Å²) in [6.45, 7) is 3.90. The molecule has 0 N–H and O–H groups in total. The first-order chi connectivity index (χ1) is 15.6. The van der Waals surface area contributed by atoms with Crippen LogP contribution in [0.1, 0.15) is 42.0 Å². The first-order valence-corrected chi connectivity index (χ1v) is 10.9. The lowest BCUT2D eigenvalue weighted by Crippen LogP contribution is -2.05. The van der Waals surface area contributed by atoms with Gasteiger partial charge in [-0.1, -0.05) is 36.4 Å². The molecule has 1 aromatic heterocycles. The van der Waals surface area contributed by atoms with Crippen LogP contribution in [0.5, 0.6) is 5.75 Å². The number of fused-ring (bicyclic) bond motifs is 2. The van der Waals surface area contributed by atoms with E-state index in [-0.39, 0.29) is 12.1 Å². The fraction of sp³-hybridized carbons (Fsp3) is 0.259. The molecule has 0 fully saturated rings. The molecule has 0 radical (unpaired) electrons. The molecular weight excluding hydrogens is 402 g/mol. The number of benzene rings is 3. The molecule has 5 heteroatoms. The summed E-state index contributed by atoms with van der Waals surface area (Å²) in [4.78, 5) is 16.0. The molecule has 1 heterocycles. The van der Waals surface area contributed by atoms with E-state index in [4.69, 9.17) is 18.9 Å². The van der Waals surface area contributed by atoms with Crippen molar-refractivity contribution in [3.8, 4) is 17.2 Å². The third-order valence-electron chi connectivity index (χ3n) is 5.94.